The second kappa shape index (κ2) is 9.13. The molecule has 2 fully saturated rings. The summed E-state index contributed by atoms with van der Waals surface area (Å²) in [4.78, 5) is 35.6. The molecule has 1 saturated carbocycles. The van der Waals surface area contributed by atoms with E-state index in [1.807, 2.05) is 6.07 Å². The minimum absolute atomic E-state index is 0.0303. The minimum atomic E-state index is -5.08. The molecule has 0 bridgehead atoms. The number of nitrogens with one attached hydrogen (secondary N) is 1. The third-order valence-electron chi connectivity index (χ3n) is 5.92. The fourth-order valence-corrected chi connectivity index (χ4v) is 4.24. The van der Waals surface area contributed by atoms with Crippen LogP contribution in [0.3, 0.4) is 0 Å². The molecule has 1 aromatic rings. The Bertz CT molecular complexity index is 806. The maximum absolute atomic E-state index is 12.1. The van der Waals surface area contributed by atoms with Gasteiger partial charge in [0.1, 0.15) is 6.54 Å². The van der Waals surface area contributed by atoms with Gasteiger partial charge >= 0.3 is 24.1 Å². The molecule has 8 nitrogen and oxygen atoms in total. The lowest BCUT2D eigenvalue weighted by Crippen LogP contribution is -2.54. The van der Waals surface area contributed by atoms with Gasteiger partial charge in [-0.3, -0.25) is 9.69 Å². The van der Waals surface area contributed by atoms with Crippen LogP contribution in [0.25, 0.3) is 0 Å². The van der Waals surface area contributed by atoms with Crippen LogP contribution in [0, 0.1) is 0 Å². The molecule has 3 rings (SSSR count). The Labute approximate surface area is 177 Å². The predicted octanol–water partition coefficient (Wildman–Crippen LogP) is 2.50. The molecule has 0 aromatic heterocycles. The summed E-state index contributed by atoms with van der Waals surface area (Å²) in [5, 5.41) is 19.1. The van der Waals surface area contributed by atoms with E-state index >= 15 is 0 Å². The fourth-order valence-electron chi connectivity index (χ4n) is 4.24. The summed E-state index contributed by atoms with van der Waals surface area (Å²) in [5.41, 5.74) is 0.981. The maximum atomic E-state index is 12.1. The lowest BCUT2D eigenvalue weighted by Gasteiger charge is -2.48. The molecule has 1 saturated heterocycles. The number of alkyl halides is 3. The Balaban J connectivity index is 0.000000423. The van der Waals surface area contributed by atoms with E-state index < -0.39 is 18.1 Å². The van der Waals surface area contributed by atoms with Gasteiger partial charge < -0.3 is 20.4 Å². The van der Waals surface area contributed by atoms with E-state index in [0.717, 1.165) is 25.7 Å². The number of hydrogen-bond donors (Lipinski definition) is 3. The van der Waals surface area contributed by atoms with E-state index in [-0.39, 0.29) is 23.7 Å². The molecule has 1 heterocycles. The van der Waals surface area contributed by atoms with Crippen LogP contribution in [0.15, 0.2) is 30.3 Å². The topological polar surface area (TPSA) is 110 Å². The largest absolute Gasteiger partial charge is 0.490 e. The number of benzene rings is 1. The number of rotatable bonds is 4. The molecule has 2 amide bonds. The van der Waals surface area contributed by atoms with Gasteiger partial charge in [-0.15, -0.1) is 0 Å². The van der Waals surface area contributed by atoms with Crippen LogP contribution in [-0.4, -0.2) is 76.9 Å². The standard InChI is InChI=1S/C18H25N3O3.C2HF3O2/c1-20(2)18(14-6-4-3-5-7-14)10-8-17(9-11-18)13-21(12-15(22)23)16(24)19-17;3-2(4,5)1(6)7/h3-7H,8-13H2,1-2H3,(H,19,24)(H,22,23);(H,6,7)/t17-,18+;. The molecule has 11 heteroatoms. The van der Waals surface area contributed by atoms with Crippen molar-refractivity contribution in [3.05, 3.63) is 35.9 Å². The highest BCUT2D eigenvalue weighted by Crippen LogP contribution is 2.45. The monoisotopic (exact) mass is 445 g/mol. The first-order chi connectivity index (χ1) is 14.3. The zero-order valence-corrected chi connectivity index (χ0v) is 17.3. The summed E-state index contributed by atoms with van der Waals surface area (Å²) in [6.07, 6.45) is -1.51. The molecule has 3 N–H and O–H groups in total. The van der Waals surface area contributed by atoms with E-state index in [9.17, 15) is 22.8 Å². The molecule has 1 spiro atoms. The van der Waals surface area contributed by atoms with Gasteiger partial charge in [0.25, 0.3) is 0 Å². The van der Waals surface area contributed by atoms with Crippen molar-refractivity contribution in [2.45, 2.75) is 42.9 Å². The van der Waals surface area contributed by atoms with Crippen LogP contribution in [0.1, 0.15) is 31.2 Å². The number of halogens is 3. The van der Waals surface area contributed by atoms with Gasteiger partial charge in [-0.2, -0.15) is 13.2 Å². The molecule has 31 heavy (non-hydrogen) atoms. The Morgan fingerprint density at radius 3 is 2.03 bits per heavy atom. The van der Waals surface area contributed by atoms with Gasteiger partial charge in [-0.05, 0) is 45.3 Å². The van der Waals surface area contributed by atoms with E-state index in [4.69, 9.17) is 15.0 Å². The smallest absolute Gasteiger partial charge is 0.480 e. The highest BCUT2D eigenvalue weighted by molar-refractivity contribution is 5.82. The number of carboxylic acids is 2. The molecule has 1 aromatic carbocycles. The number of amides is 2. The van der Waals surface area contributed by atoms with Crippen molar-refractivity contribution >= 4 is 18.0 Å². The summed E-state index contributed by atoms with van der Waals surface area (Å²) in [5.74, 6) is -3.72. The van der Waals surface area contributed by atoms with Crippen molar-refractivity contribution in [3.8, 4) is 0 Å². The van der Waals surface area contributed by atoms with E-state index in [2.05, 4.69) is 48.6 Å². The summed E-state index contributed by atoms with van der Waals surface area (Å²) >= 11 is 0. The maximum Gasteiger partial charge on any atom is 0.490 e. The summed E-state index contributed by atoms with van der Waals surface area (Å²) in [7, 11) is 4.21. The molecular formula is C20H26F3N3O5. The predicted molar refractivity (Wildman–Crippen MR) is 104 cm³/mol. The van der Waals surface area contributed by atoms with Crippen molar-refractivity contribution < 1.29 is 37.8 Å². The van der Waals surface area contributed by atoms with Crippen LogP contribution >= 0.6 is 0 Å². The van der Waals surface area contributed by atoms with Crippen molar-refractivity contribution in [2.24, 2.45) is 0 Å². The van der Waals surface area contributed by atoms with Crippen molar-refractivity contribution in [1.82, 2.24) is 15.1 Å². The number of carbonyl (C=O) groups excluding carboxylic acids is 1. The van der Waals surface area contributed by atoms with Crippen LogP contribution in [0.5, 0.6) is 0 Å². The highest BCUT2D eigenvalue weighted by Gasteiger charge is 2.50. The average Bonchev–Trinajstić information content (AvgIpc) is 2.97. The van der Waals surface area contributed by atoms with E-state index in [1.54, 1.807) is 0 Å². The van der Waals surface area contributed by atoms with Crippen molar-refractivity contribution in [3.63, 3.8) is 0 Å². The Morgan fingerprint density at radius 2 is 1.61 bits per heavy atom. The Morgan fingerprint density at radius 1 is 1.10 bits per heavy atom. The molecule has 2 aliphatic rings. The first-order valence-electron chi connectivity index (χ1n) is 9.63. The van der Waals surface area contributed by atoms with E-state index in [0.29, 0.717) is 6.54 Å². The van der Waals surface area contributed by atoms with Gasteiger partial charge in [0.2, 0.25) is 0 Å². The first kappa shape index (κ1) is 24.4. The number of carboxylic acid groups (broad SMARTS) is 2. The Hall–Kier alpha value is -2.82. The molecule has 1 aliphatic heterocycles. The first-order valence-corrected chi connectivity index (χ1v) is 9.63. The number of urea groups is 1. The van der Waals surface area contributed by atoms with Gasteiger partial charge in [0.15, 0.2) is 0 Å². The molecule has 0 unspecified atom stereocenters. The lowest BCUT2D eigenvalue weighted by atomic mass is 9.69. The Kier molecular flexibility index (Phi) is 7.20. The van der Waals surface area contributed by atoms with Gasteiger partial charge in [0.05, 0.1) is 5.54 Å². The molecule has 172 valence electrons. The van der Waals surface area contributed by atoms with Gasteiger partial charge in [-0.1, -0.05) is 30.3 Å². The van der Waals surface area contributed by atoms with Crippen LogP contribution in [0.2, 0.25) is 0 Å². The lowest BCUT2D eigenvalue weighted by molar-refractivity contribution is -0.192. The quantitative estimate of drug-likeness (QED) is 0.657. The molecule has 1 aliphatic carbocycles. The molecule has 0 atom stereocenters. The van der Waals surface area contributed by atoms with Crippen molar-refractivity contribution in [2.75, 3.05) is 27.2 Å². The SMILES string of the molecule is CN(C)[C@]1(c2ccccc2)CC[C@]2(CC1)CN(CC(=O)O)C(=O)N2.O=C(O)C(F)(F)F. The summed E-state index contributed by atoms with van der Waals surface area (Å²) in [6, 6.07) is 10.2. The number of carbonyl (C=O) groups is 3. The number of hydrogen-bond acceptors (Lipinski definition) is 4. The number of aliphatic carboxylic acids is 2. The number of nitrogens with zero attached hydrogens (tertiary/aromatic N) is 2. The normalized spacial score (nSPS) is 25.7. The zero-order valence-electron chi connectivity index (χ0n) is 17.3. The van der Waals surface area contributed by atoms with Crippen molar-refractivity contribution in [1.29, 1.82) is 0 Å². The second-order valence-corrected chi connectivity index (χ2v) is 8.06. The summed E-state index contributed by atoms with van der Waals surface area (Å²) in [6.45, 7) is 0.252. The third-order valence-corrected chi connectivity index (χ3v) is 5.92. The van der Waals surface area contributed by atoms with Crippen LogP contribution in [0.4, 0.5) is 18.0 Å². The van der Waals surface area contributed by atoms with Gasteiger partial charge in [-0.25, -0.2) is 9.59 Å². The van der Waals surface area contributed by atoms with Gasteiger partial charge in [0, 0.05) is 12.1 Å². The third kappa shape index (κ3) is 5.66. The van der Waals surface area contributed by atoms with Crippen LogP contribution in [-0.2, 0) is 15.1 Å². The van der Waals surface area contributed by atoms with E-state index in [1.165, 1.54) is 10.5 Å². The molecule has 0 radical (unpaired) electrons. The zero-order chi connectivity index (χ0) is 23.4. The second-order valence-electron chi connectivity index (χ2n) is 8.06. The minimum Gasteiger partial charge on any atom is -0.480 e. The highest BCUT2D eigenvalue weighted by atomic mass is 19.4. The van der Waals surface area contributed by atoms with Crippen LogP contribution < -0.4 is 5.32 Å². The molecular weight excluding hydrogens is 419 g/mol. The average molecular weight is 445 g/mol. The fraction of sp³-hybridized carbons (Fsp3) is 0.550. The summed E-state index contributed by atoms with van der Waals surface area (Å²) < 4.78 is 31.7.